The maximum Gasteiger partial charge on any atom is 0.259 e. The van der Waals surface area contributed by atoms with E-state index in [2.05, 4.69) is 24.2 Å². The number of likely N-dealkylation sites (N-methyl/N-ethyl adjacent to an activating group) is 1. The van der Waals surface area contributed by atoms with Crippen molar-refractivity contribution in [3.05, 3.63) is 77.9 Å². The van der Waals surface area contributed by atoms with Crippen molar-refractivity contribution in [2.45, 2.75) is 39.0 Å². The molecule has 1 fully saturated rings. The molecule has 4 rings (SSSR count). The molecule has 3 aromatic rings. The third-order valence-corrected chi connectivity index (χ3v) is 8.79. The summed E-state index contributed by atoms with van der Waals surface area (Å²) in [6, 6.07) is 19.4. The van der Waals surface area contributed by atoms with Crippen LogP contribution in [0.1, 0.15) is 59.7 Å². The molecular weight excluding hydrogens is 693 g/mol. The van der Waals surface area contributed by atoms with Crippen LogP contribution in [0.25, 0.3) is 0 Å². The number of halogens is 2. The number of benzene rings is 3. The lowest BCUT2D eigenvalue weighted by molar-refractivity contribution is -0.133. The maximum atomic E-state index is 13.7. The molecule has 1 unspecified atom stereocenters. The van der Waals surface area contributed by atoms with Crippen LogP contribution in [0, 0.1) is 5.92 Å². The summed E-state index contributed by atoms with van der Waals surface area (Å²) in [5.74, 6) is 1.35. The SMILES string of the molecule is COc1cc(C(=O)N(C)c2ccccc2OCCC(C)CCC(=O)N2CCN(C)CC2)ccc1NC(=O)c1ccccc1OCCCCN.Cl.Cl. The number of anilines is 2. The molecule has 3 N–H and O–H groups in total. The lowest BCUT2D eigenvalue weighted by Crippen LogP contribution is -2.47. The number of hydrogen-bond acceptors (Lipinski definition) is 8. The Morgan fingerprint density at radius 1 is 0.863 bits per heavy atom. The minimum atomic E-state index is -0.356. The molecule has 13 heteroatoms. The zero-order valence-electron chi connectivity index (χ0n) is 30.1. The Morgan fingerprint density at radius 3 is 2.24 bits per heavy atom. The smallest absolute Gasteiger partial charge is 0.259 e. The summed E-state index contributed by atoms with van der Waals surface area (Å²) < 4.78 is 17.6. The number of nitrogens with zero attached hydrogens (tertiary/aromatic N) is 3. The van der Waals surface area contributed by atoms with Gasteiger partial charge in [0.25, 0.3) is 11.8 Å². The first-order chi connectivity index (χ1) is 23.7. The van der Waals surface area contributed by atoms with E-state index in [1.165, 1.54) is 7.11 Å². The number of carbonyl (C=O) groups excluding carboxylic acids is 3. The van der Waals surface area contributed by atoms with Gasteiger partial charge in [0, 0.05) is 45.2 Å². The predicted molar refractivity (Wildman–Crippen MR) is 207 cm³/mol. The fourth-order valence-electron chi connectivity index (χ4n) is 5.58. The molecule has 1 saturated heterocycles. The van der Waals surface area contributed by atoms with E-state index >= 15 is 0 Å². The van der Waals surface area contributed by atoms with Crippen molar-refractivity contribution < 1.29 is 28.6 Å². The van der Waals surface area contributed by atoms with Gasteiger partial charge < -0.3 is 40.0 Å². The molecule has 11 nitrogen and oxygen atoms in total. The normalized spacial score (nSPS) is 13.2. The Labute approximate surface area is 314 Å². The average Bonchev–Trinajstić information content (AvgIpc) is 3.12. The predicted octanol–water partition coefficient (Wildman–Crippen LogP) is 6.14. The van der Waals surface area contributed by atoms with Crippen LogP contribution in [0.4, 0.5) is 11.4 Å². The van der Waals surface area contributed by atoms with Crippen molar-refractivity contribution in [1.29, 1.82) is 0 Å². The van der Waals surface area contributed by atoms with Crippen molar-refractivity contribution in [2.24, 2.45) is 11.7 Å². The number of para-hydroxylation sites is 3. The van der Waals surface area contributed by atoms with Crippen molar-refractivity contribution in [3.63, 3.8) is 0 Å². The van der Waals surface area contributed by atoms with E-state index in [-0.39, 0.29) is 42.5 Å². The fourth-order valence-corrected chi connectivity index (χ4v) is 5.58. The van der Waals surface area contributed by atoms with E-state index in [4.69, 9.17) is 19.9 Å². The van der Waals surface area contributed by atoms with Crippen molar-refractivity contribution in [3.8, 4) is 17.2 Å². The van der Waals surface area contributed by atoms with Gasteiger partial charge in [0.1, 0.15) is 17.2 Å². The van der Waals surface area contributed by atoms with Gasteiger partial charge in [-0.25, -0.2) is 0 Å². The molecule has 0 radical (unpaired) electrons. The van der Waals surface area contributed by atoms with Crippen LogP contribution in [0.2, 0.25) is 0 Å². The summed E-state index contributed by atoms with van der Waals surface area (Å²) in [6.07, 6.45) is 3.77. The Hall–Kier alpha value is -4.03. The van der Waals surface area contributed by atoms with Crippen LogP contribution in [0.3, 0.4) is 0 Å². The first-order valence-corrected chi connectivity index (χ1v) is 17.1. The molecule has 0 bridgehead atoms. The summed E-state index contributed by atoms with van der Waals surface area (Å²) >= 11 is 0. The first-order valence-electron chi connectivity index (χ1n) is 17.1. The zero-order chi connectivity index (χ0) is 35.2. The highest BCUT2D eigenvalue weighted by Crippen LogP contribution is 2.32. The Morgan fingerprint density at radius 2 is 1.53 bits per heavy atom. The van der Waals surface area contributed by atoms with Crippen LogP contribution in [-0.2, 0) is 4.79 Å². The molecule has 1 aliphatic heterocycles. The van der Waals surface area contributed by atoms with E-state index in [9.17, 15) is 14.4 Å². The van der Waals surface area contributed by atoms with E-state index in [0.717, 1.165) is 51.9 Å². The van der Waals surface area contributed by atoms with Crippen LogP contribution in [-0.4, -0.2) is 94.7 Å². The highest BCUT2D eigenvalue weighted by atomic mass is 35.5. The molecule has 1 aliphatic rings. The van der Waals surface area contributed by atoms with Gasteiger partial charge in [0.15, 0.2) is 0 Å². The minimum Gasteiger partial charge on any atom is -0.495 e. The highest BCUT2D eigenvalue weighted by molar-refractivity contribution is 6.09. The van der Waals surface area contributed by atoms with E-state index < -0.39 is 0 Å². The molecule has 1 heterocycles. The number of nitrogens with two attached hydrogens (primary N) is 1. The third-order valence-electron chi connectivity index (χ3n) is 8.79. The van der Waals surface area contributed by atoms with Crippen LogP contribution in [0.5, 0.6) is 17.2 Å². The van der Waals surface area contributed by atoms with E-state index in [1.54, 1.807) is 48.3 Å². The van der Waals surface area contributed by atoms with Crippen LogP contribution >= 0.6 is 24.8 Å². The van der Waals surface area contributed by atoms with Gasteiger partial charge in [-0.1, -0.05) is 31.2 Å². The van der Waals surface area contributed by atoms with Crippen LogP contribution < -0.4 is 30.2 Å². The van der Waals surface area contributed by atoms with Crippen molar-refractivity contribution in [2.75, 3.05) is 77.4 Å². The van der Waals surface area contributed by atoms with E-state index in [1.807, 2.05) is 35.2 Å². The topological polar surface area (TPSA) is 127 Å². The number of amides is 3. The molecule has 0 saturated carbocycles. The average molecular weight is 747 g/mol. The van der Waals surface area contributed by atoms with Gasteiger partial charge in [-0.15, -0.1) is 24.8 Å². The highest BCUT2D eigenvalue weighted by Gasteiger charge is 2.22. The summed E-state index contributed by atoms with van der Waals surface area (Å²) in [5.41, 5.74) is 7.40. The van der Waals surface area contributed by atoms with Gasteiger partial charge >= 0.3 is 0 Å². The van der Waals surface area contributed by atoms with E-state index in [0.29, 0.717) is 71.8 Å². The zero-order valence-corrected chi connectivity index (χ0v) is 31.7. The Kier molecular flexibility index (Phi) is 18.6. The summed E-state index contributed by atoms with van der Waals surface area (Å²) in [6.45, 7) is 7.08. The van der Waals surface area contributed by atoms with Gasteiger partial charge in [-0.2, -0.15) is 0 Å². The number of unbranched alkanes of at least 4 members (excludes halogenated alkanes) is 1. The number of hydrogen-bond donors (Lipinski definition) is 2. The molecular formula is C38H53Cl2N5O6. The van der Waals surface area contributed by atoms with Gasteiger partial charge in [0.2, 0.25) is 5.91 Å². The second kappa shape index (κ2) is 22.0. The molecule has 1 atom stereocenters. The van der Waals surface area contributed by atoms with Crippen molar-refractivity contribution in [1.82, 2.24) is 9.80 Å². The fraction of sp³-hybridized carbons (Fsp3) is 0.447. The van der Waals surface area contributed by atoms with Gasteiger partial charge in [-0.3, -0.25) is 14.4 Å². The number of carbonyl (C=O) groups is 3. The monoisotopic (exact) mass is 745 g/mol. The largest absolute Gasteiger partial charge is 0.495 e. The second-order valence-electron chi connectivity index (χ2n) is 12.5. The number of methoxy groups -OCH3 is 1. The van der Waals surface area contributed by atoms with Gasteiger partial charge in [0.05, 0.1) is 37.3 Å². The summed E-state index contributed by atoms with van der Waals surface area (Å²) in [5, 5.41) is 2.89. The standard InChI is InChI=1S/C38H51N5O6.2ClH/c1-28(15-18-36(44)43-23-21-41(2)22-24-43)19-26-49-34-14-8-6-12-32(34)42(3)38(46)29-16-17-31(35(27-29)47-4)40-37(45)30-11-5-7-13-33(30)48-25-10-9-20-39;;/h5-8,11-14,16-17,27-28H,9-10,15,18-26,39H2,1-4H3,(H,40,45);2*1H. The summed E-state index contributed by atoms with van der Waals surface area (Å²) in [4.78, 5) is 45.3. The van der Waals surface area contributed by atoms with Crippen LogP contribution in [0.15, 0.2) is 66.7 Å². The molecule has 3 amide bonds. The molecule has 51 heavy (non-hydrogen) atoms. The molecule has 0 aliphatic carbocycles. The quantitative estimate of drug-likeness (QED) is 0.158. The molecule has 0 aromatic heterocycles. The number of piperazine rings is 1. The van der Waals surface area contributed by atoms with Gasteiger partial charge in [-0.05, 0) is 87.7 Å². The Bertz CT molecular complexity index is 1550. The number of ether oxygens (including phenoxy) is 3. The number of nitrogens with one attached hydrogen (secondary N) is 1. The second-order valence-corrected chi connectivity index (χ2v) is 12.5. The lowest BCUT2D eigenvalue weighted by Gasteiger charge is -2.32. The lowest BCUT2D eigenvalue weighted by atomic mass is 10.0. The molecule has 0 spiro atoms. The first kappa shape index (κ1) is 43.1. The minimum absolute atomic E-state index is 0. The van der Waals surface area contributed by atoms with Crippen molar-refractivity contribution >= 4 is 53.9 Å². The maximum absolute atomic E-state index is 13.7. The number of rotatable bonds is 17. The Balaban J connectivity index is 0.00000451. The summed E-state index contributed by atoms with van der Waals surface area (Å²) in [7, 11) is 5.27. The third kappa shape index (κ3) is 12.6. The molecule has 3 aromatic carbocycles. The molecule has 280 valence electrons.